The third-order valence-corrected chi connectivity index (χ3v) is 4.86. The van der Waals surface area contributed by atoms with Crippen LogP contribution in [0.3, 0.4) is 0 Å². The molecule has 1 aliphatic rings. The molecule has 1 saturated heterocycles. The number of rotatable bonds is 11. The van der Waals surface area contributed by atoms with Crippen LogP contribution in [0.1, 0.15) is 58.3 Å². The third-order valence-electron chi connectivity index (χ3n) is 3.72. The molecule has 0 aliphatic carbocycles. The molecule has 1 unspecified atom stereocenters. The molecule has 0 spiro atoms. The molecule has 1 fully saturated rings. The van der Waals surface area contributed by atoms with E-state index in [1.807, 2.05) is 0 Å². The first-order chi connectivity index (χ1) is 10.1. The van der Waals surface area contributed by atoms with E-state index in [2.05, 4.69) is 6.92 Å². The molecule has 1 rings (SSSR count). The van der Waals surface area contributed by atoms with E-state index in [4.69, 9.17) is 4.74 Å². The minimum absolute atomic E-state index is 0.757. The van der Waals surface area contributed by atoms with Gasteiger partial charge in [0.2, 0.25) is 0 Å². The fraction of sp³-hybridized carbons (Fsp3) is 0.933. The van der Waals surface area contributed by atoms with Gasteiger partial charge in [-0.3, -0.25) is 0 Å². The maximum Gasteiger partial charge on any atom is 0.338 e. The maximum atomic E-state index is 11.1. The average molecular weight is 320 g/mol. The minimum atomic E-state index is -1.53. The molecule has 1 aliphatic heterocycles. The lowest BCUT2D eigenvalue weighted by molar-refractivity contribution is -0.148. The summed E-state index contributed by atoms with van der Waals surface area (Å²) >= 11 is 1.26. The standard InChI is InChI=1S/C15H28O5S/c1-2-3-4-5-6-7-8-9-10-21-15(19)13-11(16)12(17)14(18)20-13/h11-13,15-17,19H,2-10H2,1H3/t11-,12-,13-,15?/m0/s1. The fourth-order valence-corrected chi connectivity index (χ4v) is 3.37. The smallest absolute Gasteiger partial charge is 0.338 e. The normalized spacial score (nSPS) is 26.9. The van der Waals surface area contributed by atoms with E-state index in [-0.39, 0.29) is 0 Å². The molecule has 0 aromatic heterocycles. The van der Waals surface area contributed by atoms with Gasteiger partial charge in [-0.2, -0.15) is 0 Å². The van der Waals surface area contributed by atoms with E-state index < -0.39 is 29.7 Å². The molecule has 3 N–H and O–H groups in total. The Labute approximate surface area is 131 Å². The highest BCUT2D eigenvalue weighted by molar-refractivity contribution is 7.99. The summed E-state index contributed by atoms with van der Waals surface area (Å²) in [6, 6.07) is 0. The van der Waals surface area contributed by atoms with E-state index >= 15 is 0 Å². The summed E-state index contributed by atoms with van der Waals surface area (Å²) in [7, 11) is 0. The van der Waals surface area contributed by atoms with Crippen molar-refractivity contribution in [3.63, 3.8) is 0 Å². The molecular weight excluding hydrogens is 292 g/mol. The lowest BCUT2D eigenvalue weighted by atomic mass is 10.1. The van der Waals surface area contributed by atoms with Crippen LogP contribution >= 0.6 is 11.8 Å². The Morgan fingerprint density at radius 3 is 2.19 bits per heavy atom. The summed E-state index contributed by atoms with van der Waals surface area (Å²) in [5.41, 5.74) is -0.981. The zero-order chi connectivity index (χ0) is 15.7. The Balaban J connectivity index is 2.01. The van der Waals surface area contributed by atoms with Crippen LogP contribution in [-0.4, -0.2) is 50.8 Å². The summed E-state index contributed by atoms with van der Waals surface area (Å²) in [6.45, 7) is 2.21. The number of hydrogen-bond donors (Lipinski definition) is 3. The number of thioether (sulfide) groups is 1. The molecule has 5 nitrogen and oxygen atoms in total. The van der Waals surface area contributed by atoms with Crippen LogP contribution in [0.15, 0.2) is 0 Å². The second-order valence-corrected chi connectivity index (χ2v) is 6.80. The van der Waals surface area contributed by atoms with E-state index in [0.717, 1.165) is 18.6 Å². The molecule has 0 saturated carbocycles. The molecule has 0 aromatic rings. The summed E-state index contributed by atoms with van der Waals surface area (Å²) < 4.78 is 4.77. The van der Waals surface area contributed by atoms with Gasteiger partial charge in [0.05, 0.1) is 0 Å². The lowest BCUT2D eigenvalue weighted by Crippen LogP contribution is -2.37. The SMILES string of the molecule is CCCCCCCCCCSC(O)[C@H]1OC(=O)[C@@H](O)[C@@H]1O. The molecule has 0 amide bonds. The van der Waals surface area contributed by atoms with Crippen LogP contribution in [0, 0.1) is 0 Å². The lowest BCUT2D eigenvalue weighted by Gasteiger charge is -2.19. The van der Waals surface area contributed by atoms with Gasteiger partial charge in [-0.25, -0.2) is 4.79 Å². The zero-order valence-electron chi connectivity index (χ0n) is 12.7. The van der Waals surface area contributed by atoms with Crippen molar-refractivity contribution in [2.24, 2.45) is 0 Å². The van der Waals surface area contributed by atoms with Crippen molar-refractivity contribution in [3.05, 3.63) is 0 Å². The number of carbonyl (C=O) groups excluding carboxylic acids is 1. The van der Waals surface area contributed by atoms with Gasteiger partial charge >= 0.3 is 5.97 Å². The predicted molar refractivity (Wildman–Crippen MR) is 83.0 cm³/mol. The van der Waals surface area contributed by atoms with Crippen molar-refractivity contribution in [2.75, 3.05) is 5.75 Å². The zero-order valence-corrected chi connectivity index (χ0v) is 13.6. The summed E-state index contributed by atoms with van der Waals surface area (Å²) in [5.74, 6) is -0.105. The first kappa shape index (κ1) is 18.7. The van der Waals surface area contributed by atoms with Gasteiger partial charge in [-0.05, 0) is 12.2 Å². The number of ether oxygens (including phenoxy) is 1. The number of aliphatic hydroxyl groups is 3. The molecule has 1 heterocycles. The van der Waals surface area contributed by atoms with Gasteiger partial charge in [-0.1, -0.05) is 51.9 Å². The molecule has 21 heavy (non-hydrogen) atoms. The molecule has 0 radical (unpaired) electrons. The molecule has 124 valence electrons. The van der Waals surface area contributed by atoms with E-state index in [1.54, 1.807) is 0 Å². The summed E-state index contributed by atoms with van der Waals surface area (Å²) in [5, 5.41) is 28.7. The van der Waals surface area contributed by atoms with Crippen LogP contribution in [0.2, 0.25) is 0 Å². The molecule has 0 bridgehead atoms. The van der Waals surface area contributed by atoms with Crippen LogP contribution in [0.5, 0.6) is 0 Å². The highest BCUT2D eigenvalue weighted by Gasteiger charge is 2.46. The topological polar surface area (TPSA) is 87.0 Å². The Morgan fingerprint density at radius 2 is 1.67 bits per heavy atom. The Bertz CT molecular complexity index is 300. The summed E-state index contributed by atoms with van der Waals surface area (Å²) in [4.78, 5) is 11.1. The van der Waals surface area contributed by atoms with Crippen molar-refractivity contribution >= 4 is 17.7 Å². The van der Waals surface area contributed by atoms with Gasteiger partial charge in [0.1, 0.15) is 11.5 Å². The van der Waals surface area contributed by atoms with E-state index in [9.17, 15) is 20.1 Å². The number of esters is 1. The number of unbranched alkanes of at least 4 members (excludes halogenated alkanes) is 7. The number of aliphatic hydroxyl groups excluding tert-OH is 3. The van der Waals surface area contributed by atoms with Crippen molar-refractivity contribution in [2.45, 2.75) is 82.0 Å². The first-order valence-electron chi connectivity index (χ1n) is 7.94. The largest absolute Gasteiger partial charge is 0.454 e. The predicted octanol–water partition coefficient (Wildman–Crippen LogP) is 1.83. The van der Waals surface area contributed by atoms with Crippen molar-refractivity contribution in [1.29, 1.82) is 0 Å². The third kappa shape index (κ3) is 6.55. The average Bonchev–Trinajstić information content (AvgIpc) is 2.73. The molecule has 4 atom stereocenters. The van der Waals surface area contributed by atoms with Gasteiger partial charge in [-0.15, -0.1) is 11.8 Å². The Kier molecular flexibility index (Phi) is 9.31. The van der Waals surface area contributed by atoms with Gasteiger partial charge in [0, 0.05) is 0 Å². The van der Waals surface area contributed by atoms with Crippen LogP contribution < -0.4 is 0 Å². The van der Waals surface area contributed by atoms with Crippen LogP contribution in [-0.2, 0) is 9.53 Å². The fourth-order valence-electron chi connectivity index (χ4n) is 2.35. The molecule has 0 aromatic carbocycles. The quantitative estimate of drug-likeness (QED) is 0.306. The van der Waals surface area contributed by atoms with Gasteiger partial charge < -0.3 is 20.1 Å². The van der Waals surface area contributed by atoms with Gasteiger partial charge in [0.15, 0.2) is 12.2 Å². The maximum absolute atomic E-state index is 11.1. The van der Waals surface area contributed by atoms with E-state index in [0.29, 0.717) is 0 Å². The second-order valence-electron chi connectivity index (χ2n) is 5.57. The van der Waals surface area contributed by atoms with Crippen molar-refractivity contribution in [1.82, 2.24) is 0 Å². The second kappa shape index (κ2) is 10.4. The Morgan fingerprint density at radius 1 is 1.10 bits per heavy atom. The number of carbonyl (C=O) groups is 1. The minimum Gasteiger partial charge on any atom is -0.454 e. The monoisotopic (exact) mass is 320 g/mol. The molecular formula is C15H28O5S. The molecule has 6 heteroatoms. The van der Waals surface area contributed by atoms with Crippen LogP contribution in [0.4, 0.5) is 0 Å². The highest BCUT2D eigenvalue weighted by atomic mass is 32.2. The first-order valence-corrected chi connectivity index (χ1v) is 8.99. The highest BCUT2D eigenvalue weighted by Crippen LogP contribution is 2.25. The van der Waals surface area contributed by atoms with Crippen molar-refractivity contribution in [3.8, 4) is 0 Å². The van der Waals surface area contributed by atoms with Crippen LogP contribution in [0.25, 0.3) is 0 Å². The van der Waals surface area contributed by atoms with E-state index in [1.165, 1.54) is 50.3 Å². The summed E-state index contributed by atoms with van der Waals surface area (Å²) in [6.07, 6.45) is 5.90. The number of hydrogen-bond acceptors (Lipinski definition) is 6. The Hall–Kier alpha value is -0.300. The number of cyclic esters (lactones) is 1. The van der Waals surface area contributed by atoms with Crippen molar-refractivity contribution < 1.29 is 24.9 Å². The van der Waals surface area contributed by atoms with Gasteiger partial charge in [0.25, 0.3) is 0 Å².